The number of ether oxygens (including phenoxy) is 1. The zero-order chi connectivity index (χ0) is 21.7. The molecule has 2 aromatic rings. The van der Waals surface area contributed by atoms with Gasteiger partial charge in [0.25, 0.3) is 0 Å². The first-order valence-corrected chi connectivity index (χ1v) is 10.3. The van der Waals surface area contributed by atoms with Gasteiger partial charge < -0.3 is 10.1 Å². The van der Waals surface area contributed by atoms with E-state index in [-0.39, 0.29) is 30.3 Å². The lowest BCUT2D eigenvalue weighted by molar-refractivity contribution is -0.138. The second-order valence-electron chi connectivity index (χ2n) is 6.47. The lowest BCUT2D eigenvalue weighted by atomic mass is 9.97. The molecule has 0 fully saturated rings. The number of carbonyl (C=O) groups excluding carboxylic acids is 2. The molecule has 1 aliphatic heterocycles. The molecule has 1 N–H and O–H groups in total. The smallest absolute Gasteiger partial charge is 0.338 e. The van der Waals surface area contributed by atoms with Crippen molar-refractivity contribution in [2.45, 2.75) is 19.9 Å². The fraction of sp³-hybridized carbons (Fsp3) is 0.227. The van der Waals surface area contributed by atoms with Gasteiger partial charge in [-0.05, 0) is 31.5 Å². The van der Waals surface area contributed by atoms with E-state index in [1.807, 2.05) is 30.3 Å². The summed E-state index contributed by atoms with van der Waals surface area (Å²) in [7, 11) is 0. The molecule has 0 bridgehead atoms. The third kappa shape index (κ3) is 5.92. The molecule has 1 heterocycles. The van der Waals surface area contributed by atoms with E-state index in [1.54, 1.807) is 13.8 Å². The van der Waals surface area contributed by atoms with Gasteiger partial charge in [0.05, 0.1) is 23.5 Å². The maximum absolute atomic E-state index is 13.8. The quantitative estimate of drug-likeness (QED) is 0.487. The number of benzene rings is 2. The summed E-state index contributed by atoms with van der Waals surface area (Å²) in [6.07, 6.45) is 0. The summed E-state index contributed by atoms with van der Waals surface area (Å²) in [5.41, 5.74) is 1.58. The lowest BCUT2D eigenvalue weighted by Gasteiger charge is -2.25. The minimum absolute atomic E-state index is 0. The van der Waals surface area contributed by atoms with Crippen molar-refractivity contribution in [3.63, 3.8) is 0 Å². The zero-order valence-corrected chi connectivity index (χ0v) is 18.5. The van der Waals surface area contributed by atoms with E-state index in [4.69, 9.17) is 4.74 Å². The van der Waals surface area contributed by atoms with Crippen LogP contribution in [0.4, 0.5) is 8.78 Å². The van der Waals surface area contributed by atoms with Crippen molar-refractivity contribution in [1.82, 2.24) is 5.32 Å². The standard InChI is InChI=1S/C22H20F2N2O3S.ClH/c1-3-29-21(28)19-13(2)25-22(26-20(19)14-7-5-4-6-8-14)30-12-18(27)16-10-9-15(23)11-17(16)24;/h4-11,20H,3,12H2,1-2H3,(H,25,26);1H. The number of halogens is 3. The van der Waals surface area contributed by atoms with Crippen LogP contribution in [0.1, 0.15) is 35.8 Å². The zero-order valence-electron chi connectivity index (χ0n) is 16.9. The Morgan fingerprint density at radius 1 is 1.16 bits per heavy atom. The average Bonchev–Trinajstić information content (AvgIpc) is 2.72. The molecule has 5 nitrogen and oxygen atoms in total. The number of hydrogen-bond acceptors (Lipinski definition) is 6. The maximum atomic E-state index is 13.8. The molecule has 0 aromatic heterocycles. The number of carbonyl (C=O) groups is 2. The van der Waals surface area contributed by atoms with Crippen LogP contribution in [0.3, 0.4) is 0 Å². The van der Waals surface area contributed by atoms with Crippen LogP contribution < -0.4 is 5.32 Å². The number of nitrogens with one attached hydrogen (secondary N) is 1. The minimum Gasteiger partial charge on any atom is -0.463 e. The maximum Gasteiger partial charge on any atom is 0.338 e. The van der Waals surface area contributed by atoms with E-state index < -0.39 is 29.4 Å². The van der Waals surface area contributed by atoms with Gasteiger partial charge in [0, 0.05) is 11.8 Å². The monoisotopic (exact) mass is 466 g/mol. The Bertz CT molecular complexity index is 1030. The van der Waals surface area contributed by atoms with Crippen LogP contribution in [0, 0.1) is 11.6 Å². The van der Waals surface area contributed by atoms with Gasteiger partial charge >= 0.3 is 5.97 Å². The van der Waals surface area contributed by atoms with E-state index in [1.165, 1.54) is 0 Å². The first-order valence-electron chi connectivity index (χ1n) is 9.29. The highest BCUT2D eigenvalue weighted by atomic mass is 35.5. The van der Waals surface area contributed by atoms with Gasteiger partial charge in [-0.15, -0.1) is 12.4 Å². The first-order chi connectivity index (χ1) is 14.4. The summed E-state index contributed by atoms with van der Waals surface area (Å²) < 4.78 is 32.1. The van der Waals surface area contributed by atoms with E-state index in [0.29, 0.717) is 22.5 Å². The molecule has 0 spiro atoms. The minimum atomic E-state index is -0.901. The van der Waals surface area contributed by atoms with Crippen molar-refractivity contribution in [3.8, 4) is 0 Å². The van der Waals surface area contributed by atoms with E-state index in [0.717, 1.165) is 29.5 Å². The fourth-order valence-corrected chi connectivity index (χ4v) is 3.83. The summed E-state index contributed by atoms with van der Waals surface area (Å²) in [5.74, 6) is -2.70. The second-order valence-corrected chi connectivity index (χ2v) is 7.43. The molecule has 0 amide bonds. The Balaban J connectivity index is 0.00000341. The Morgan fingerprint density at radius 3 is 2.52 bits per heavy atom. The number of hydrogen-bond donors (Lipinski definition) is 1. The number of aliphatic imine (C=N–C) groups is 1. The second kappa shape index (κ2) is 11.1. The Morgan fingerprint density at radius 2 is 1.87 bits per heavy atom. The van der Waals surface area contributed by atoms with E-state index in [9.17, 15) is 18.4 Å². The van der Waals surface area contributed by atoms with Gasteiger partial charge in [-0.2, -0.15) is 0 Å². The lowest BCUT2D eigenvalue weighted by Crippen LogP contribution is -2.31. The normalized spacial score (nSPS) is 15.5. The molecule has 9 heteroatoms. The topological polar surface area (TPSA) is 67.8 Å². The van der Waals surface area contributed by atoms with E-state index >= 15 is 0 Å². The van der Waals surface area contributed by atoms with Crippen molar-refractivity contribution in [3.05, 3.63) is 82.6 Å². The molecule has 164 valence electrons. The van der Waals surface area contributed by atoms with Crippen molar-refractivity contribution in [1.29, 1.82) is 0 Å². The Labute approximate surface area is 189 Å². The molecule has 0 saturated heterocycles. The van der Waals surface area contributed by atoms with Crippen LogP contribution in [-0.2, 0) is 9.53 Å². The molecule has 0 saturated carbocycles. The molecule has 1 unspecified atom stereocenters. The number of Topliss-reactive ketones (excluding diaryl/α,β-unsaturated/α-hetero) is 1. The number of amidine groups is 1. The molecular weight excluding hydrogens is 446 g/mol. The van der Waals surface area contributed by atoms with E-state index in [2.05, 4.69) is 10.3 Å². The molecule has 1 atom stereocenters. The highest BCUT2D eigenvalue weighted by Crippen LogP contribution is 2.33. The van der Waals surface area contributed by atoms with Gasteiger partial charge in [0.2, 0.25) is 0 Å². The van der Waals surface area contributed by atoms with Gasteiger partial charge in [0.15, 0.2) is 11.0 Å². The first kappa shape index (κ1) is 24.6. The van der Waals surface area contributed by atoms with Crippen LogP contribution in [0.25, 0.3) is 0 Å². The number of esters is 1. The summed E-state index contributed by atoms with van der Waals surface area (Å²) >= 11 is 1.09. The highest BCUT2D eigenvalue weighted by molar-refractivity contribution is 8.14. The third-order valence-electron chi connectivity index (χ3n) is 4.40. The molecule has 1 aliphatic rings. The molecule has 31 heavy (non-hydrogen) atoms. The number of allylic oxidation sites excluding steroid dienone is 1. The average molecular weight is 467 g/mol. The number of thioether (sulfide) groups is 1. The fourth-order valence-electron chi connectivity index (χ4n) is 3.00. The van der Waals surface area contributed by atoms with Gasteiger partial charge in [0.1, 0.15) is 17.7 Å². The van der Waals surface area contributed by atoms with Crippen LogP contribution in [0.2, 0.25) is 0 Å². The number of ketones is 1. The number of rotatable bonds is 6. The predicted molar refractivity (Wildman–Crippen MR) is 119 cm³/mol. The van der Waals surface area contributed by atoms with Crippen LogP contribution >= 0.6 is 24.2 Å². The SMILES string of the molecule is CCOC(=O)C1=C(C)NC(SCC(=O)c2ccc(F)cc2F)=NC1c1ccccc1.Cl. The van der Waals surface area contributed by atoms with Crippen molar-refractivity contribution < 1.29 is 23.1 Å². The Kier molecular flexibility index (Phi) is 8.76. The van der Waals surface area contributed by atoms with Crippen molar-refractivity contribution in [2.75, 3.05) is 12.4 Å². The van der Waals surface area contributed by atoms with Crippen LogP contribution in [0.5, 0.6) is 0 Å². The summed E-state index contributed by atoms with van der Waals surface area (Å²) in [6.45, 7) is 3.70. The van der Waals surface area contributed by atoms with Gasteiger partial charge in [-0.3, -0.25) is 4.79 Å². The predicted octanol–water partition coefficient (Wildman–Crippen LogP) is 4.84. The molecular formula is C22H21ClF2N2O3S. The van der Waals surface area contributed by atoms with Gasteiger partial charge in [-0.1, -0.05) is 42.1 Å². The molecule has 0 radical (unpaired) electrons. The molecule has 2 aromatic carbocycles. The van der Waals surface area contributed by atoms with Crippen LogP contribution in [-0.4, -0.2) is 29.3 Å². The summed E-state index contributed by atoms with van der Waals surface area (Å²) in [4.78, 5) is 29.4. The largest absolute Gasteiger partial charge is 0.463 e. The summed E-state index contributed by atoms with van der Waals surface area (Å²) in [5, 5.41) is 3.44. The van der Waals surface area contributed by atoms with Gasteiger partial charge in [-0.25, -0.2) is 18.6 Å². The van der Waals surface area contributed by atoms with Crippen LogP contribution in [0.15, 0.2) is 64.8 Å². The third-order valence-corrected chi connectivity index (χ3v) is 5.29. The van der Waals surface area contributed by atoms with Crippen molar-refractivity contribution >= 4 is 41.1 Å². The molecule has 3 rings (SSSR count). The summed E-state index contributed by atoms with van der Waals surface area (Å²) in [6, 6.07) is 11.5. The number of nitrogens with zero attached hydrogens (tertiary/aromatic N) is 1. The highest BCUT2D eigenvalue weighted by Gasteiger charge is 2.30. The Hall–Kier alpha value is -2.71. The van der Waals surface area contributed by atoms with Crippen molar-refractivity contribution in [2.24, 2.45) is 4.99 Å². The molecule has 0 aliphatic carbocycles.